The van der Waals surface area contributed by atoms with E-state index in [0.717, 1.165) is 0 Å². The van der Waals surface area contributed by atoms with E-state index in [-0.39, 0.29) is 23.2 Å². The molecule has 1 aromatic heterocycles. The summed E-state index contributed by atoms with van der Waals surface area (Å²) >= 11 is 1.32. The van der Waals surface area contributed by atoms with E-state index in [9.17, 15) is 13.2 Å². The Hall–Kier alpha value is -1.15. The molecule has 1 atom stereocenters. The summed E-state index contributed by atoms with van der Waals surface area (Å²) in [6, 6.07) is -0.125. The van der Waals surface area contributed by atoms with E-state index in [4.69, 9.17) is 0 Å². The van der Waals surface area contributed by atoms with Gasteiger partial charge in [0.05, 0.1) is 18.6 Å². The number of hydrogen-bond acceptors (Lipinski definition) is 7. The topological polar surface area (TPSA) is 76.6 Å². The molecule has 0 amide bonds. The molecule has 1 aliphatic rings. The lowest BCUT2D eigenvalue weighted by Crippen LogP contribution is -2.47. The number of methoxy groups -OCH3 is 1. The first-order valence-corrected chi connectivity index (χ1v) is 8.14. The van der Waals surface area contributed by atoms with Gasteiger partial charge < -0.3 is 9.64 Å². The SMILES string of the molecule is COC(=O)c1csc(N2CCS(=O)(=O)CC2C)n1. The van der Waals surface area contributed by atoms with Crippen molar-refractivity contribution < 1.29 is 17.9 Å². The Kier molecular flexibility index (Phi) is 3.58. The van der Waals surface area contributed by atoms with Gasteiger partial charge in [0.2, 0.25) is 0 Å². The summed E-state index contributed by atoms with van der Waals surface area (Å²) in [5, 5.41) is 2.29. The van der Waals surface area contributed by atoms with Gasteiger partial charge in [-0.05, 0) is 6.92 Å². The molecule has 0 aliphatic carbocycles. The third-order valence-corrected chi connectivity index (χ3v) is 5.48. The number of thiazole rings is 1. The lowest BCUT2D eigenvalue weighted by Gasteiger charge is -2.32. The third kappa shape index (κ3) is 2.64. The van der Waals surface area contributed by atoms with E-state index in [1.165, 1.54) is 18.4 Å². The van der Waals surface area contributed by atoms with Crippen molar-refractivity contribution >= 4 is 32.3 Å². The van der Waals surface area contributed by atoms with Crippen molar-refractivity contribution in [3.05, 3.63) is 11.1 Å². The van der Waals surface area contributed by atoms with Gasteiger partial charge in [0.25, 0.3) is 0 Å². The van der Waals surface area contributed by atoms with Gasteiger partial charge in [0.1, 0.15) is 0 Å². The lowest BCUT2D eigenvalue weighted by atomic mass is 10.3. The molecule has 6 nitrogen and oxygen atoms in total. The summed E-state index contributed by atoms with van der Waals surface area (Å²) in [6.45, 7) is 2.26. The van der Waals surface area contributed by atoms with E-state index in [1.54, 1.807) is 5.38 Å². The maximum atomic E-state index is 11.5. The molecule has 0 saturated carbocycles. The first-order chi connectivity index (χ1) is 8.43. The highest BCUT2D eigenvalue weighted by Crippen LogP contribution is 2.25. The van der Waals surface area contributed by atoms with Crippen molar-refractivity contribution in [1.29, 1.82) is 0 Å². The highest BCUT2D eigenvalue weighted by molar-refractivity contribution is 7.91. The fourth-order valence-electron chi connectivity index (χ4n) is 1.88. The number of sulfone groups is 1. The van der Waals surface area contributed by atoms with E-state index in [0.29, 0.717) is 11.7 Å². The minimum absolute atomic E-state index is 0.125. The predicted octanol–water partition coefficient (Wildman–Crippen LogP) is 0.553. The van der Waals surface area contributed by atoms with Crippen LogP contribution in [-0.4, -0.2) is 50.6 Å². The number of ether oxygens (including phenoxy) is 1. The normalized spacial score (nSPS) is 22.8. The van der Waals surface area contributed by atoms with Crippen molar-refractivity contribution in [2.45, 2.75) is 13.0 Å². The van der Waals surface area contributed by atoms with E-state index >= 15 is 0 Å². The van der Waals surface area contributed by atoms with Crippen LogP contribution in [-0.2, 0) is 14.6 Å². The fourth-order valence-corrected chi connectivity index (χ4v) is 4.36. The van der Waals surface area contributed by atoms with Crippen LogP contribution in [0.3, 0.4) is 0 Å². The molecule has 0 radical (unpaired) electrons. The van der Waals surface area contributed by atoms with Crippen LogP contribution in [0.5, 0.6) is 0 Å². The highest BCUT2D eigenvalue weighted by atomic mass is 32.2. The van der Waals surface area contributed by atoms with Crippen molar-refractivity contribution in [2.75, 3.05) is 30.1 Å². The molecule has 0 bridgehead atoms. The molecule has 1 aliphatic heterocycles. The molecule has 2 heterocycles. The molecule has 100 valence electrons. The number of anilines is 1. The number of carbonyl (C=O) groups excluding carboxylic acids is 1. The van der Waals surface area contributed by atoms with Crippen molar-refractivity contribution in [3.63, 3.8) is 0 Å². The summed E-state index contributed by atoms with van der Waals surface area (Å²) < 4.78 is 27.5. The van der Waals surface area contributed by atoms with E-state index in [1.807, 2.05) is 11.8 Å². The average Bonchev–Trinajstić information content (AvgIpc) is 2.76. The largest absolute Gasteiger partial charge is 0.464 e. The molecule has 1 aromatic rings. The van der Waals surface area contributed by atoms with Gasteiger partial charge >= 0.3 is 5.97 Å². The predicted molar refractivity (Wildman–Crippen MR) is 68.9 cm³/mol. The van der Waals surface area contributed by atoms with Gasteiger partial charge in [0, 0.05) is 18.0 Å². The number of rotatable bonds is 2. The smallest absolute Gasteiger partial charge is 0.357 e. The van der Waals surface area contributed by atoms with E-state index in [2.05, 4.69) is 9.72 Å². The number of esters is 1. The second-order valence-electron chi connectivity index (χ2n) is 4.16. The number of hydrogen-bond donors (Lipinski definition) is 0. The van der Waals surface area contributed by atoms with Crippen LogP contribution in [0.15, 0.2) is 5.38 Å². The van der Waals surface area contributed by atoms with E-state index < -0.39 is 15.8 Å². The zero-order valence-corrected chi connectivity index (χ0v) is 11.8. The third-order valence-electron chi connectivity index (χ3n) is 2.80. The summed E-state index contributed by atoms with van der Waals surface area (Å²) in [5.41, 5.74) is 0.262. The number of carbonyl (C=O) groups is 1. The Morgan fingerprint density at radius 3 is 2.94 bits per heavy atom. The molecule has 2 rings (SSSR count). The minimum Gasteiger partial charge on any atom is -0.464 e. The van der Waals surface area contributed by atoms with Crippen LogP contribution in [0.1, 0.15) is 17.4 Å². The van der Waals surface area contributed by atoms with Crippen LogP contribution in [0, 0.1) is 0 Å². The highest BCUT2D eigenvalue weighted by Gasteiger charge is 2.30. The van der Waals surface area contributed by atoms with Gasteiger partial charge in [0.15, 0.2) is 20.7 Å². The van der Waals surface area contributed by atoms with Crippen LogP contribution >= 0.6 is 11.3 Å². The Morgan fingerprint density at radius 2 is 2.33 bits per heavy atom. The van der Waals surface area contributed by atoms with Gasteiger partial charge in [-0.15, -0.1) is 11.3 Å². The van der Waals surface area contributed by atoms with Crippen LogP contribution in [0.2, 0.25) is 0 Å². The molecule has 0 spiro atoms. The van der Waals surface area contributed by atoms with Crippen molar-refractivity contribution in [3.8, 4) is 0 Å². The van der Waals surface area contributed by atoms with Crippen molar-refractivity contribution in [1.82, 2.24) is 4.98 Å². The maximum Gasteiger partial charge on any atom is 0.357 e. The minimum atomic E-state index is -2.94. The molecule has 8 heteroatoms. The zero-order chi connectivity index (χ0) is 13.3. The standard InChI is InChI=1S/C10H14N2O4S2/c1-7-6-18(14,15)4-3-12(7)10-11-8(5-17-10)9(13)16-2/h5,7H,3-4,6H2,1-2H3. The quantitative estimate of drug-likeness (QED) is 0.740. The Labute approximate surface area is 110 Å². The van der Waals surface area contributed by atoms with Crippen molar-refractivity contribution in [2.24, 2.45) is 0 Å². The molecule has 1 unspecified atom stereocenters. The van der Waals surface area contributed by atoms with Crippen LogP contribution in [0.4, 0.5) is 5.13 Å². The van der Waals surface area contributed by atoms with Crippen LogP contribution < -0.4 is 4.90 Å². The second-order valence-corrected chi connectivity index (χ2v) is 7.23. The first kappa shape index (κ1) is 13.3. The number of nitrogens with zero attached hydrogens (tertiary/aromatic N) is 2. The average molecular weight is 290 g/mol. The van der Waals surface area contributed by atoms with Gasteiger partial charge in [-0.25, -0.2) is 18.2 Å². The molecular weight excluding hydrogens is 276 g/mol. The zero-order valence-electron chi connectivity index (χ0n) is 10.1. The monoisotopic (exact) mass is 290 g/mol. The molecule has 0 N–H and O–H groups in total. The molecule has 1 saturated heterocycles. The number of aromatic nitrogens is 1. The summed E-state index contributed by atoms with van der Waals surface area (Å²) in [4.78, 5) is 17.4. The molecular formula is C10H14N2O4S2. The first-order valence-electron chi connectivity index (χ1n) is 5.44. The maximum absolute atomic E-state index is 11.5. The molecule has 18 heavy (non-hydrogen) atoms. The lowest BCUT2D eigenvalue weighted by molar-refractivity contribution is 0.0595. The summed E-state index contributed by atoms with van der Waals surface area (Å²) in [5.74, 6) is -0.222. The van der Waals surface area contributed by atoms with Crippen LogP contribution in [0.25, 0.3) is 0 Å². The fraction of sp³-hybridized carbons (Fsp3) is 0.600. The Bertz CT molecular complexity index is 552. The van der Waals surface area contributed by atoms with Gasteiger partial charge in [-0.2, -0.15) is 0 Å². The summed E-state index contributed by atoms with van der Waals surface area (Å²) in [6.07, 6.45) is 0. The van der Waals surface area contributed by atoms with Gasteiger partial charge in [-0.3, -0.25) is 0 Å². The van der Waals surface area contributed by atoms with Gasteiger partial charge in [-0.1, -0.05) is 0 Å². The Balaban J connectivity index is 2.17. The molecule has 0 aromatic carbocycles. The molecule has 1 fully saturated rings. The Morgan fingerprint density at radius 1 is 1.61 bits per heavy atom. The summed E-state index contributed by atoms with van der Waals surface area (Å²) in [7, 11) is -1.64. The second kappa shape index (κ2) is 4.85.